The van der Waals surface area contributed by atoms with Crippen LogP contribution in [0.25, 0.3) is 0 Å². The molecule has 0 aromatic heterocycles. The van der Waals surface area contributed by atoms with E-state index in [1.807, 2.05) is 0 Å². The minimum absolute atomic E-state index is 0.0325. The summed E-state index contributed by atoms with van der Waals surface area (Å²) < 4.78 is 5.15. The lowest BCUT2D eigenvalue weighted by Crippen LogP contribution is -2.11. The molecule has 0 heterocycles. The highest BCUT2D eigenvalue weighted by molar-refractivity contribution is 5.95. The zero-order valence-corrected chi connectivity index (χ0v) is 10.3. The molecule has 0 aliphatic rings. The highest BCUT2D eigenvalue weighted by atomic mass is 16.5. The Balaban J connectivity index is 2.31. The summed E-state index contributed by atoms with van der Waals surface area (Å²) in [5.41, 5.74) is 1.16. The van der Waals surface area contributed by atoms with E-state index < -0.39 is 11.9 Å². The second kappa shape index (κ2) is 5.35. The van der Waals surface area contributed by atoms with Crippen molar-refractivity contribution in [3.8, 4) is 5.75 Å². The van der Waals surface area contributed by atoms with E-state index in [-0.39, 0.29) is 11.3 Å². The zero-order chi connectivity index (χ0) is 13.8. The third-order valence-corrected chi connectivity index (χ3v) is 2.58. The molecule has 4 heteroatoms. The maximum absolute atomic E-state index is 11.9. The van der Waals surface area contributed by atoms with Crippen LogP contribution in [0.2, 0.25) is 0 Å². The number of carbonyl (C=O) groups is 2. The van der Waals surface area contributed by atoms with Gasteiger partial charge in [-0.1, -0.05) is 24.3 Å². The molecule has 0 radical (unpaired) electrons. The minimum Gasteiger partial charge on any atom is -0.478 e. The maximum Gasteiger partial charge on any atom is 0.343 e. The smallest absolute Gasteiger partial charge is 0.343 e. The Morgan fingerprint density at radius 2 is 1.74 bits per heavy atom. The minimum atomic E-state index is -1.13. The molecule has 0 aliphatic carbocycles. The first-order valence-corrected chi connectivity index (χ1v) is 5.69. The lowest BCUT2D eigenvalue weighted by Gasteiger charge is -2.08. The summed E-state index contributed by atoms with van der Waals surface area (Å²) in [6, 6.07) is 13.0. The van der Waals surface area contributed by atoms with Crippen LogP contribution in [-0.2, 0) is 0 Å². The molecule has 0 amide bonds. The van der Waals surface area contributed by atoms with Crippen molar-refractivity contribution in [3.05, 3.63) is 65.2 Å². The molecule has 0 spiro atoms. The van der Waals surface area contributed by atoms with Gasteiger partial charge in [0.25, 0.3) is 0 Å². The number of carboxylic acids is 1. The van der Waals surface area contributed by atoms with Gasteiger partial charge in [0.15, 0.2) is 0 Å². The summed E-state index contributed by atoms with van der Waals surface area (Å²) in [6.45, 7) is 1.80. The van der Waals surface area contributed by atoms with Crippen molar-refractivity contribution in [2.24, 2.45) is 0 Å². The molecule has 0 aliphatic heterocycles. The normalized spacial score (nSPS) is 9.95. The predicted molar refractivity (Wildman–Crippen MR) is 69.5 cm³/mol. The third-order valence-electron chi connectivity index (χ3n) is 2.58. The Kier molecular flexibility index (Phi) is 3.61. The van der Waals surface area contributed by atoms with Gasteiger partial charge < -0.3 is 9.84 Å². The van der Waals surface area contributed by atoms with Crippen LogP contribution in [0.1, 0.15) is 26.3 Å². The number of ether oxygens (including phenoxy) is 1. The SMILES string of the molecule is Cc1ccc(C(=O)O)c(OC(=O)c2ccccc2)c1. The molecule has 19 heavy (non-hydrogen) atoms. The van der Waals surface area contributed by atoms with Gasteiger partial charge in [-0.25, -0.2) is 9.59 Å². The monoisotopic (exact) mass is 256 g/mol. The van der Waals surface area contributed by atoms with Crippen molar-refractivity contribution < 1.29 is 19.4 Å². The number of carbonyl (C=O) groups excluding carboxylic acids is 1. The number of hydrogen-bond acceptors (Lipinski definition) is 3. The molecule has 2 rings (SSSR count). The van der Waals surface area contributed by atoms with Crippen molar-refractivity contribution in [1.82, 2.24) is 0 Å². The van der Waals surface area contributed by atoms with Gasteiger partial charge in [-0.05, 0) is 36.8 Å². The highest BCUT2D eigenvalue weighted by Crippen LogP contribution is 2.21. The van der Waals surface area contributed by atoms with E-state index in [0.29, 0.717) is 5.56 Å². The third kappa shape index (κ3) is 2.98. The molecule has 0 saturated heterocycles. The number of benzene rings is 2. The Hall–Kier alpha value is -2.62. The lowest BCUT2D eigenvalue weighted by atomic mass is 10.1. The fourth-order valence-corrected chi connectivity index (χ4v) is 1.62. The second-order valence-electron chi connectivity index (χ2n) is 4.06. The van der Waals surface area contributed by atoms with Gasteiger partial charge in [0, 0.05) is 0 Å². The first kappa shape index (κ1) is 12.8. The topological polar surface area (TPSA) is 63.6 Å². The number of rotatable bonds is 3. The van der Waals surface area contributed by atoms with Gasteiger partial charge in [0.05, 0.1) is 5.56 Å². The molecule has 4 nitrogen and oxygen atoms in total. The summed E-state index contributed by atoms with van der Waals surface area (Å²) in [6.07, 6.45) is 0. The molecule has 0 bridgehead atoms. The molecule has 0 atom stereocenters. The standard InChI is InChI=1S/C15H12O4/c1-10-7-8-12(14(16)17)13(9-10)19-15(18)11-5-3-2-4-6-11/h2-9H,1H3,(H,16,17). The Morgan fingerprint density at radius 1 is 1.05 bits per heavy atom. The molecule has 0 saturated carbocycles. The predicted octanol–water partition coefficient (Wildman–Crippen LogP) is 2.91. The van der Waals surface area contributed by atoms with Gasteiger partial charge in [-0.15, -0.1) is 0 Å². The molecule has 96 valence electrons. The summed E-state index contributed by atoms with van der Waals surface area (Å²) in [7, 11) is 0. The summed E-state index contributed by atoms with van der Waals surface area (Å²) >= 11 is 0. The number of aryl methyl sites for hydroxylation is 1. The maximum atomic E-state index is 11.9. The summed E-state index contributed by atoms with van der Waals surface area (Å²) in [5.74, 6) is -1.65. The molecule has 1 N–H and O–H groups in total. The van der Waals surface area contributed by atoms with Crippen LogP contribution < -0.4 is 4.74 Å². The zero-order valence-electron chi connectivity index (χ0n) is 10.3. The van der Waals surface area contributed by atoms with E-state index in [9.17, 15) is 9.59 Å². The molecule has 0 fully saturated rings. The van der Waals surface area contributed by atoms with E-state index >= 15 is 0 Å². The van der Waals surface area contributed by atoms with E-state index in [1.165, 1.54) is 12.1 Å². The van der Waals surface area contributed by atoms with Crippen molar-refractivity contribution in [2.75, 3.05) is 0 Å². The number of aromatic carboxylic acids is 1. The van der Waals surface area contributed by atoms with Crippen molar-refractivity contribution >= 4 is 11.9 Å². The van der Waals surface area contributed by atoms with Crippen LogP contribution in [0.4, 0.5) is 0 Å². The van der Waals surface area contributed by atoms with Crippen LogP contribution in [-0.4, -0.2) is 17.0 Å². The van der Waals surface area contributed by atoms with Crippen LogP contribution in [0, 0.1) is 6.92 Å². The number of carboxylic acid groups (broad SMARTS) is 1. The number of esters is 1. The van der Waals surface area contributed by atoms with Crippen LogP contribution in [0.5, 0.6) is 5.75 Å². The van der Waals surface area contributed by atoms with E-state index in [0.717, 1.165) is 5.56 Å². The van der Waals surface area contributed by atoms with Crippen LogP contribution >= 0.6 is 0 Å². The fraction of sp³-hybridized carbons (Fsp3) is 0.0667. The largest absolute Gasteiger partial charge is 0.478 e. The molecular formula is C15H12O4. The summed E-state index contributed by atoms with van der Waals surface area (Å²) in [5, 5.41) is 9.05. The van der Waals surface area contributed by atoms with Crippen molar-refractivity contribution in [1.29, 1.82) is 0 Å². The highest BCUT2D eigenvalue weighted by Gasteiger charge is 2.15. The van der Waals surface area contributed by atoms with Crippen LogP contribution in [0.3, 0.4) is 0 Å². The molecule has 2 aromatic rings. The second-order valence-corrected chi connectivity index (χ2v) is 4.06. The Bertz CT molecular complexity index is 617. The Labute approximate surface area is 110 Å². The lowest BCUT2D eigenvalue weighted by molar-refractivity contribution is 0.0681. The van der Waals surface area contributed by atoms with E-state index in [4.69, 9.17) is 9.84 Å². The van der Waals surface area contributed by atoms with Gasteiger partial charge in [0.1, 0.15) is 11.3 Å². The average Bonchev–Trinajstić information content (AvgIpc) is 2.39. The molecule has 0 unspecified atom stereocenters. The van der Waals surface area contributed by atoms with Gasteiger partial charge >= 0.3 is 11.9 Å². The number of hydrogen-bond donors (Lipinski definition) is 1. The quantitative estimate of drug-likeness (QED) is 0.677. The van der Waals surface area contributed by atoms with Crippen LogP contribution in [0.15, 0.2) is 48.5 Å². The van der Waals surface area contributed by atoms with Crippen molar-refractivity contribution in [3.63, 3.8) is 0 Å². The van der Waals surface area contributed by atoms with E-state index in [1.54, 1.807) is 43.3 Å². The van der Waals surface area contributed by atoms with Gasteiger partial charge in [-0.3, -0.25) is 0 Å². The van der Waals surface area contributed by atoms with Gasteiger partial charge in [0.2, 0.25) is 0 Å². The first-order chi connectivity index (χ1) is 9.08. The van der Waals surface area contributed by atoms with E-state index in [2.05, 4.69) is 0 Å². The van der Waals surface area contributed by atoms with Crippen molar-refractivity contribution in [2.45, 2.75) is 6.92 Å². The fourth-order valence-electron chi connectivity index (χ4n) is 1.62. The molecule has 2 aromatic carbocycles. The first-order valence-electron chi connectivity index (χ1n) is 5.69. The molecular weight excluding hydrogens is 244 g/mol. The summed E-state index contributed by atoms with van der Waals surface area (Å²) in [4.78, 5) is 22.9. The Morgan fingerprint density at radius 3 is 2.37 bits per heavy atom. The van der Waals surface area contributed by atoms with Gasteiger partial charge in [-0.2, -0.15) is 0 Å². The average molecular weight is 256 g/mol.